The number of benzene rings is 1. The maximum atomic E-state index is 5.72. The van der Waals surface area contributed by atoms with E-state index in [-0.39, 0.29) is 0 Å². The highest BCUT2D eigenvalue weighted by Crippen LogP contribution is 2.26. The molecule has 1 fully saturated rings. The molecule has 0 bridgehead atoms. The molecule has 0 saturated heterocycles. The number of rotatable bonds is 7. The summed E-state index contributed by atoms with van der Waals surface area (Å²) in [4.78, 5) is 0. The summed E-state index contributed by atoms with van der Waals surface area (Å²) in [5, 5.41) is 3.47. The Hall–Kier alpha value is -1.22. The van der Waals surface area contributed by atoms with Crippen molar-refractivity contribution >= 4 is 0 Å². The molecule has 0 unspecified atom stereocenters. The Balaban J connectivity index is 1.73. The minimum absolute atomic E-state index is 0.667. The Kier molecular flexibility index (Phi) is 4.68. The van der Waals surface area contributed by atoms with Crippen LogP contribution in [0.25, 0.3) is 0 Å². The van der Waals surface area contributed by atoms with Crippen molar-refractivity contribution in [3.8, 4) is 11.5 Å². The number of ether oxygens (including phenoxy) is 2. The lowest BCUT2D eigenvalue weighted by Crippen LogP contribution is -2.37. The minimum atomic E-state index is 0.667. The first kappa shape index (κ1) is 12.2. The Morgan fingerprint density at radius 1 is 1.18 bits per heavy atom. The molecular formula is C14H21NO2. The first-order valence-corrected chi connectivity index (χ1v) is 6.48. The zero-order chi connectivity index (χ0) is 11.9. The van der Waals surface area contributed by atoms with Crippen molar-refractivity contribution in [1.29, 1.82) is 0 Å². The van der Waals surface area contributed by atoms with E-state index in [9.17, 15) is 0 Å². The van der Waals surface area contributed by atoms with Gasteiger partial charge in [-0.25, -0.2) is 0 Å². The molecule has 3 heteroatoms. The SMILES string of the molecule is CCOc1ccccc1OCCNC1CCC1. The van der Waals surface area contributed by atoms with Crippen LogP contribution < -0.4 is 14.8 Å². The fourth-order valence-corrected chi connectivity index (χ4v) is 1.88. The Bertz CT molecular complexity index is 337. The quantitative estimate of drug-likeness (QED) is 0.737. The van der Waals surface area contributed by atoms with Gasteiger partial charge >= 0.3 is 0 Å². The second-order valence-corrected chi connectivity index (χ2v) is 4.31. The van der Waals surface area contributed by atoms with Gasteiger partial charge in [0.1, 0.15) is 6.61 Å². The average molecular weight is 235 g/mol. The lowest BCUT2D eigenvalue weighted by atomic mass is 9.93. The molecule has 1 aromatic rings. The van der Waals surface area contributed by atoms with Gasteiger partial charge in [-0.1, -0.05) is 18.6 Å². The molecule has 94 valence electrons. The van der Waals surface area contributed by atoms with Crippen LogP contribution in [0, 0.1) is 0 Å². The van der Waals surface area contributed by atoms with E-state index in [1.54, 1.807) is 0 Å². The van der Waals surface area contributed by atoms with Gasteiger partial charge in [0.05, 0.1) is 6.61 Å². The Labute approximate surface area is 103 Å². The van der Waals surface area contributed by atoms with Crippen LogP contribution in [0.15, 0.2) is 24.3 Å². The molecule has 1 N–H and O–H groups in total. The van der Waals surface area contributed by atoms with Crippen molar-refractivity contribution in [2.24, 2.45) is 0 Å². The molecule has 0 atom stereocenters. The van der Waals surface area contributed by atoms with E-state index in [2.05, 4.69) is 5.32 Å². The monoisotopic (exact) mass is 235 g/mol. The van der Waals surface area contributed by atoms with Gasteiger partial charge in [-0.05, 0) is 31.9 Å². The van der Waals surface area contributed by atoms with Crippen molar-refractivity contribution in [3.05, 3.63) is 24.3 Å². The van der Waals surface area contributed by atoms with E-state index in [1.807, 2.05) is 31.2 Å². The second-order valence-electron chi connectivity index (χ2n) is 4.31. The van der Waals surface area contributed by atoms with Gasteiger partial charge in [0.15, 0.2) is 11.5 Å². The number of para-hydroxylation sites is 2. The van der Waals surface area contributed by atoms with Gasteiger partial charge in [0.2, 0.25) is 0 Å². The summed E-state index contributed by atoms with van der Waals surface area (Å²) in [5.41, 5.74) is 0. The summed E-state index contributed by atoms with van der Waals surface area (Å²) in [5.74, 6) is 1.67. The zero-order valence-corrected chi connectivity index (χ0v) is 10.4. The lowest BCUT2D eigenvalue weighted by molar-refractivity contribution is 0.257. The van der Waals surface area contributed by atoms with Crippen molar-refractivity contribution < 1.29 is 9.47 Å². The molecular weight excluding hydrogens is 214 g/mol. The molecule has 1 saturated carbocycles. The smallest absolute Gasteiger partial charge is 0.161 e. The molecule has 0 spiro atoms. The summed E-state index contributed by atoms with van der Waals surface area (Å²) in [6.45, 7) is 4.25. The molecule has 0 aliphatic heterocycles. The van der Waals surface area contributed by atoms with Crippen LogP contribution in [0.1, 0.15) is 26.2 Å². The van der Waals surface area contributed by atoms with Crippen LogP contribution in [0.4, 0.5) is 0 Å². The lowest BCUT2D eigenvalue weighted by Gasteiger charge is -2.26. The molecule has 0 heterocycles. The molecule has 0 aromatic heterocycles. The molecule has 0 amide bonds. The van der Waals surface area contributed by atoms with Gasteiger partial charge < -0.3 is 14.8 Å². The predicted octanol–water partition coefficient (Wildman–Crippen LogP) is 2.61. The van der Waals surface area contributed by atoms with Crippen LogP contribution in [0.5, 0.6) is 11.5 Å². The van der Waals surface area contributed by atoms with E-state index < -0.39 is 0 Å². The average Bonchev–Trinajstić information content (AvgIpc) is 2.29. The molecule has 3 nitrogen and oxygen atoms in total. The molecule has 1 aromatic carbocycles. The van der Waals surface area contributed by atoms with E-state index in [1.165, 1.54) is 19.3 Å². The molecule has 17 heavy (non-hydrogen) atoms. The van der Waals surface area contributed by atoms with Crippen LogP contribution >= 0.6 is 0 Å². The zero-order valence-electron chi connectivity index (χ0n) is 10.4. The van der Waals surface area contributed by atoms with Crippen LogP contribution in [-0.2, 0) is 0 Å². The Morgan fingerprint density at radius 2 is 1.88 bits per heavy atom. The van der Waals surface area contributed by atoms with Crippen molar-refractivity contribution in [2.75, 3.05) is 19.8 Å². The third-order valence-electron chi connectivity index (χ3n) is 3.05. The van der Waals surface area contributed by atoms with Gasteiger partial charge in [0.25, 0.3) is 0 Å². The molecule has 2 rings (SSSR count). The largest absolute Gasteiger partial charge is 0.490 e. The maximum Gasteiger partial charge on any atom is 0.161 e. The van der Waals surface area contributed by atoms with Crippen molar-refractivity contribution in [1.82, 2.24) is 5.32 Å². The maximum absolute atomic E-state index is 5.72. The summed E-state index contributed by atoms with van der Waals surface area (Å²) in [7, 11) is 0. The standard InChI is InChI=1S/C14H21NO2/c1-2-16-13-8-3-4-9-14(13)17-11-10-15-12-6-5-7-12/h3-4,8-9,12,15H,2,5-7,10-11H2,1H3. The fraction of sp³-hybridized carbons (Fsp3) is 0.571. The van der Waals surface area contributed by atoms with Gasteiger partial charge in [-0.15, -0.1) is 0 Å². The number of nitrogens with one attached hydrogen (secondary N) is 1. The number of hydrogen-bond acceptors (Lipinski definition) is 3. The minimum Gasteiger partial charge on any atom is -0.490 e. The van der Waals surface area contributed by atoms with E-state index in [4.69, 9.17) is 9.47 Å². The Morgan fingerprint density at radius 3 is 2.47 bits per heavy atom. The van der Waals surface area contributed by atoms with Gasteiger partial charge in [-0.2, -0.15) is 0 Å². The van der Waals surface area contributed by atoms with Crippen LogP contribution in [-0.4, -0.2) is 25.8 Å². The predicted molar refractivity (Wildman–Crippen MR) is 68.7 cm³/mol. The summed E-state index contributed by atoms with van der Waals surface area (Å²) < 4.78 is 11.2. The highest BCUT2D eigenvalue weighted by atomic mass is 16.5. The van der Waals surface area contributed by atoms with Crippen molar-refractivity contribution in [2.45, 2.75) is 32.2 Å². The summed E-state index contributed by atoms with van der Waals surface area (Å²) in [6, 6.07) is 8.55. The van der Waals surface area contributed by atoms with Crippen LogP contribution in [0.2, 0.25) is 0 Å². The first-order chi connectivity index (χ1) is 8.40. The van der Waals surface area contributed by atoms with E-state index in [0.717, 1.165) is 24.1 Å². The summed E-state index contributed by atoms with van der Waals surface area (Å²) in [6.07, 6.45) is 4.00. The fourth-order valence-electron chi connectivity index (χ4n) is 1.88. The van der Waals surface area contributed by atoms with Crippen LogP contribution in [0.3, 0.4) is 0 Å². The third-order valence-corrected chi connectivity index (χ3v) is 3.05. The van der Waals surface area contributed by atoms with Crippen molar-refractivity contribution in [3.63, 3.8) is 0 Å². The molecule has 0 radical (unpaired) electrons. The topological polar surface area (TPSA) is 30.5 Å². The highest BCUT2D eigenvalue weighted by Gasteiger charge is 2.15. The molecule has 1 aliphatic carbocycles. The summed E-state index contributed by atoms with van der Waals surface area (Å²) >= 11 is 0. The number of hydrogen-bond donors (Lipinski definition) is 1. The third kappa shape index (κ3) is 3.63. The first-order valence-electron chi connectivity index (χ1n) is 6.48. The normalized spacial score (nSPS) is 15.4. The van der Waals surface area contributed by atoms with Gasteiger partial charge in [0, 0.05) is 12.6 Å². The van der Waals surface area contributed by atoms with Gasteiger partial charge in [-0.3, -0.25) is 0 Å². The highest BCUT2D eigenvalue weighted by molar-refractivity contribution is 5.39. The molecule has 1 aliphatic rings. The second kappa shape index (κ2) is 6.50. The van der Waals surface area contributed by atoms with E-state index >= 15 is 0 Å². The van der Waals surface area contributed by atoms with E-state index in [0.29, 0.717) is 13.2 Å².